The van der Waals surface area contributed by atoms with Gasteiger partial charge in [0.1, 0.15) is 23.9 Å². The Morgan fingerprint density at radius 2 is 1.80 bits per heavy atom. The lowest BCUT2D eigenvalue weighted by atomic mass is 10.0. The van der Waals surface area contributed by atoms with Crippen LogP contribution in [0.5, 0.6) is 5.75 Å². The molecule has 0 aliphatic heterocycles. The van der Waals surface area contributed by atoms with Gasteiger partial charge in [0.05, 0.1) is 12.7 Å². The lowest BCUT2D eigenvalue weighted by molar-refractivity contribution is 0.0476. The van der Waals surface area contributed by atoms with Crippen molar-refractivity contribution in [1.82, 2.24) is 0 Å². The van der Waals surface area contributed by atoms with Gasteiger partial charge in [0.2, 0.25) is 0 Å². The molecule has 1 heterocycles. The molecule has 1 atom stereocenters. The number of carbonyl (C=O) groups is 1. The number of esters is 1. The van der Waals surface area contributed by atoms with Gasteiger partial charge in [0.15, 0.2) is 5.43 Å². The van der Waals surface area contributed by atoms with Crippen LogP contribution in [0.1, 0.15) is 52.8 Å². The number of rotatable bonds is 6. The fraction of sp³-hybridized carbons (Fsp3) is 0.400. The standard InChI is InChI=1S/C20H24O5/c1-6-17-13(3)18(21)14(4)19(25-17)12(2)11-24-20(22)15-7-9-16(23-5)10-8-15/h7-10,12H,6,11H2,1-5H3/t12-/m0/s1. The van der Waals surface area contributed by atoms with Crippen LogP contribution >= 0.6 is 0 Å². The van der Waals surface area contributed by atoms with E-state index in [0.29, 0.717) is 40.4 Å². The van der Waals surface area contributed by atoms with Crippen molar-refractivity contribution in [3.8, 4) is 5.75 Å². The number of hydrogen-bond acceptors (Lipinski definition) is 5. The van der Waals surface area contributed by atoms with Crippen LogP contribution in [-0.2, 0) is 11.2 Å². The molecule has 2 aromatic rings. The first-order chi connectivity index (χ1) is 11.9. The van der Waals surface area contributed by atoms with E-state index in [2.05, 4.69) is 0 Å². The van der Waals surface area contributed by atoms with Crippen molar-refractivity contribution in [1.29, 1.82) is 0 Å². The number of benzene rings is 1. The average molecular weight is 344 g/mol. The molecule has 0 aliphatic carbocycles. The first kappa shape index (κ1) is 18.8. The van der Waals surface area contributed by atoms with Crippen LogP contribution in [0, 0.1) is 13.8 Å². The summed E-state index contributed by atoms with van der Waals surface area (Å²) in [7, 11) is 1.57. The van der Waals surface area contributed by atoms with Crippen LogP contribution in [0.4, 0.5) is 0 Å². The van der Waals surface area contributed by atoms with Crippen LogP contribution in [0.3, 0.4) is 0 Å². The van der Waals surface area contributed by atoms with Gasteiger partial charge >= 0.3 is 5.97 Å². The third-order valence-corrected chi connectivity index (χ3v) is 4.26. The second-order valence-corrected chi connectivity index (χ2v) is 6.05. The lowest BCUT2D eigenvalue weighted by Crippen LogP contribution is -2.18. The van der Waals surface area contributed by atoms with Gasteiger partial charge in [-0.1, -0.05) is 13.8 Å². The molecule has 25 heavy (non-hydrogen) atoms. The molecule has 0 radical (unpaired) electrons. The molecule has 1 aromatic carbocycles. The molecule has 0 saturated heterocycles. The summed E-state index contributed by atoms with van der Waals surface area (Å²) in [6.45, 7) is 7.48. The maximum absolute atomic E-state index is 12.3. The Labute approximate surface area is 147 Å². The summed E-state index contributed by atoms with van der Waals surface area (Å²) in [5.74, 6) is 1.31. The summed E-state index contributed by atoms with van der Waals surface area (Å²) in [6, 6.07) is 6.71. The second-order valence-electron chi connectivity index (χ2n) is 6.05. The van der Waals surface area contributed by atoms with Crippen molar-refractivity contribution in [2.75, 3.05) is 13.7 Å². The van der Waals surface area contributed by atoms with Crippen molar-refractivity contribution in [2.24, 2.45) is 0 Å². The number of carbonyl (C=O) groups excluding carboxylic acids is 1. The maximum Gasteiger partial charge on any atom is 0.338 e. The highest BCUT2D eigenvalue weighted by Crippen LogP contribution is 2.22. The van der Waals surface area contributed by atoms with Gasteiger partial charge < -0.3 is 13.9 Å². The van der Waals surface area contributed by atoms with Crippen molar-refractivity contribution in [3.05, 3.63) is 62.7 Å². The molecule has 0 saturated carbocycles. The van der Waals surface area contributed by atoms with Gasteiger partial charge in [-0.05, 0) is 38.1 Å². The highest BCUT2D eigenvalue weighted by molar-refractivity contribution is 5.89. The number of aryl methyl sites for hydroxylation is 1. The molecule has 0 unspecified atom stereocenters. The zero-order valence-corrected chi connectivity index (χ0v) is 15.3. The smallest absolute Gasteiger partial charge is 0.338 e. The summed E-state index contributed by atoms with van der Waals surface area (Å²) in [4.78, 5) is 24.5. The van der Waals surface area contributed by atoms with Gasteiger partial charge in [-0.25, -0.2) is 4.79 Å². The molecule has 5 nitrogen and oxygen atoms in total. The van der Waals surface area contributed by atoms with Gasteiger partial charge in [-0.2, -0.15) is 0 Å². The Hall–Kier alpha value is -2.56. The molecular formula is C20H24O5. The van der Waals surface area contributed by atoms with Crippen molar-refractivity contribution in [2.45, 2.75) is 40.0 Å². The zero-order chi connectivity index (χ0) is 18.6. The van der Waals surface area contributed by atoms with Gasteiger partial charge in [0, 0.05) is 23.5 Å². The molecule has 0 aliphatic rings. The number of ether oxygens (including phenoxy) is 2. The molecule has 0 bridgehead atoms. The molecule has 5 heteroatoms. The van der Waals surface area contributed by atoms with Crippen LogP contribution in [-0.4, -0.2) is 19.7 Å². The summed E-state index contributed by atoms with van der Waals surface area (Å²) in [5, 5.41) is 0. The third kappa shape index (κ3) is 4.10. The summed E-state index contributed by atoms with van der Waals surface area (Å²) >= 11 is 0. The van der Waals surface area contributed by atoms with E-state index < -0.39 is 5.97 Å². The van der Waals surface area contributed by atoms with Crippen molar-refractivity contribution >= 4 is 5.97 Å². The van der Waals surface area contributed by atoms with Crippen molar-refractivity contribution in [3.63, 3.8) is 0 Å². The molecule has 134 valence electrons. The van der Waals surface area contributed by atoms with Gasteiger partial charge in [-0.15, -0.1) is 0 Å². The minimum atomic E-state index is -0.419. The van der Waals surface area contributed by atoms with E-state index in [0.717, 1.165) is 0 Å². The molecule has 0 amide bonds. The van der Waals surface area contributed by atoms with Crippen molar-refractivity contribution < 1.29 is 18.7 Å². The third-order valence-electron chi connectivity index (χ3n) is 4.26. The quantitative estimate of drug-likeness (QED) is 0.746. The highest BCUT2D eigenvalue weighted by atomic mass is 16.5. The molecule has 1 aromatic heterocycles. The Morgan fingerprint density at radius 3 is 2.36 bits per heavy atom. The fourth-order valence-corrected chi connectivity index (χ4v) is 2.70. The Bertz CT molecular complexity index is 802. The van der Waals surface area contributed by atoms with E-state index in [4.69, 9.17) is 13.9 Å². The molecule has 0 spiro atoms. The van der Waals surface area contributed by atoms with E-state index in [9.17, 15) is 9.59 Å². The summed E-state index contributed by atoms with van der Waals surface area (Å²) < 4.78 is 16.3. The summed E-state index contributed by atoms with van der Waals surface area (Å²) in [5.41, 5.74) is 1.66. The Kier molecular flexibility index (Phi) is 6.02. The topological polar surface area (TPSA) is 65.7 Å². The van der Waals surface area contributed by atoms with Crippen LogP contribution < -0.4 is 10.2 Å². The largest absolute Gasteiger partial charge is 0.497 e. The molecule has 0 N–H and O–H groups in total. The Balaban J connectivity index is 2.11. The Morgan fingerprint density at radius 1 is 1.16 bits per heavy atom. The lowest BCUT2D eigenvalue weighted by Gasteiger charge is -2.16. The highest BCUT2D eigenvalue weighted by Gasteiger charge is 2.19. The minimum Gasteiger partial charge on any atom is -0.497 e. The normalized spacial score (nSPS) is 11.9. The predicted octanol–water partition coefficient (Wildman–Crippen LogP) is 3.79. The first-order valence-corrected chi connectivity index (χ1v) is 8.33. The van der Waals surface area contributed by atoms with E-state index in [-0.39, 0.29) is 18.0 Å². The summed E-state index contributed by atoms with van der Waals surface area (Å²) in [6.07, 6.45) is 0.646. The average Bonchev–Trinajstić information content (AvgIpc) is 2.64. The van der Waals surface area contributed by atoms with E-state index in [1.807, 2.05) is 13.8 Å². The molecule has 2 rings (SSSR count). The van der Waals surface area contributed by atoms with E-state index in [1.54, 1.807) is 45.2 Å². The first-order valence-electron chi connectivity index (χ1n) is 8.33. The van der Waals surface area contributed by atoms with Crippen LogP contribution in [0.25, 0.3) is 0 Å². The monoisotopic (exact) mass is 344 g/mol. The van der Waals surface area contributed by atoms with Gasteiger partial charge in [-0.3, -0.25) is 4.79 Å². The van der Waals surface area contributed by atoms with Crippen LogP contribution in [0.15, 0.2) is 33.5 Å². The zero-order valence-electron chi connectivity index (χ0n) is 15.3. The molecule has 0 fully saturated rings. The van der Waals surface area contributed by atoms with E-state index >= 15 is 0 Å². The fourth-order valence-electron chi connectivity index (χ4n) is 2.70. The van der Waals surface area contributed by atoms with E-state index in [1.165, 1.54) is 0 Å². The second kappa shape index (κ2) is 8.01. The van der Waals surface area contributed by atoms with Gasteiger partial charge in [0.25, 0.3) is 0 Å². The SMILES string of the molecule is CCc1oc([C@@H](C)COC(=O)c2ccc(OC)cc2)c(C)c(=O)c1C. The number of methoxy groups -OCH3 is 1. The minimum absolute atomic E-state index is 0.00793. The number of hydrogen-bond donors (Lipinski definition) is 0. The molecular weight excluding hydrogens is 320 g/mol. The maximum atomic E-state index is 12.3. The predicted molar refractivity (Wildman–Crippen MR) is 95.5 cm³/mol. The van der Waals surface area contributed by atoms with Crippen LogP contribution in [0.2, 0.25) is 0 Å².